The Balaban J connectivity index is 2.18. The van der Waals surface area contributed by atoms with Crippen LogP contribution in [0.2, 0.25) is 10.0 Å². The van der Waals surface area contributed by atoms with Crippen molar-refractivity contribution >= 4 is 35.1 Å². The molecule has 0 unspecified atom stereocenters. The maximum absolute atomic E-state index is 12.4. The van der Waals surface area contributed by atoms with E-state index in [1.807, 2.05) is 0 Å². The van der Waals surface area contributed by atoms with Gasteiger partial charge in [0.1, 0.15) is 11.5 Å². The molecule has 0 heterocycles. The van der Waals surface area contributed by atoms with E-state index in [2.05, 4.69) is 14.3 Å². The highest BCUT2D eigenvalue weighted by molar-refractivity contribution is 6.42. The minimum atomic E-state index is -4.76. The van der Waals surface area contributed by atoms with Gasteiger partial charge in [-0.2, -0.15) is 31.8 Å². The van der Waals surface area contributed by atoms with Crippen LogP contribution in [0.3, 0.4) is 0 Å². The Morgan fingerprint density at radius 1 is 0.844 bits per heavy atom. The first-order valence-corrected chi connectivity index (χ1v) is 9.00. The van der Waals surface area contributed by atoms with E-state index in [-0.39, 0.29) is 15.6 Å². The molecule has 2 aromatic rings. The Bertz CT molecular complexity index is 997. The minimum Gasteiger partial charge on any atom is -0.484 e. The van der Waals surface area contributed by atoms with E-state index >= 15 is 0 Å². The SMILES string of the molecule is O=C(ONC(=O)c1cc(OCC(F)(F)F)ccc1OCC(F)(F)F)c1ccc(Cl)c(Cl)c1. The van der Waals surface area contributed by atoms with Crippen molar-refractivity contribution in [3.05, 3.63) is 57.6 Å². The molecule has 0 fully saturated rings. The lowest BCUT2D eigenvalue weighted by Crippen LogP contribution is -2.28. The van der Waals surface area contributed by atoms with Crippen LogP contribution >= 0.6 is 23.2 Å². The van der Waals surface area contributed by atoms with Crippen LogP contribution in [0.15, 0.2) is 36.4 Å². The van der Waals surface area contributed by atoms with Crippen LogP contribution in [-0.2, 0) is 4.84 Å². The van der Waals surface area contributed by atoms with Gasteiger partial charge >= 0.3 is 18.3 Å². The molecule has 0 aliphatic rings. The maximum Gasteiger partial charge on any atom is 0.422 e. The van der Waals surface area contributed by atoms with Crippen molar-refractivity contribution in [3.63, 3.8) is 0 Å². The number of hydrogen-bond acceptors (Lipinski definition) is 5. The maximum atomic E-state index is 12.4. The summed E-state index contributed by atoms with van der Waals surface area (Å²) in [5, 5.41) is 0.138. The number of nitrogens with one attached hydrogen (secondary N) is 1. The number of carbonyl (C=O) groups excluding carboxylic acids is 2. The molecule has 14 heteroatoms. The first-order valence-electron chi connectivity index (χ1n) is 8.25. The highest BCUT2D eigenvalue weighted by atomic mass is 35.5. The Morgan fingerprint density at radius 2 is 1.47 bits per heavy atom. The minimum absolute atomic E-state index is 0.00444. The van der Waals surface area contributed by atoms with Crippen LogP contribution in [0.4, 0.5) is 26.3 Å². The largest absolute Gasteiger partial charge is 0.484 e. The average molecular weight is 506 g/mol. The zero-order valence-electron chi connectivity index (χ0n) is 15.4. The van der Waals surface area contributed by atoms with E-state index in [4.69, 9.17) is 23.2 Å². The summed E-state index contributed by atoms with van der Waals surface area (Å²) in [6.07, 6.45) is -9.47. The fraction of sp³-hybridized carbons (Fsp3) is 0.222. The Kier molecular flexibility index (Phi) is 8.07. The fourth-order valence-electron chi connectivity index (χ4n) is 2.06. The molecule has 0 bridgehead atoms. The third-order valence-electron chi connectivity index (χ3n) is 3.38. The molecule has 0 aliphatic carbocycles. The van der Waals surface area contributed by atoms with Gasteiger partial charge in [0.05, 0.1) is 21.2 Å². The van der Waals surface area contributed by atoms with Crippen molar-refractivity contribution in [1.29, 1.82) is 0 Å². The number of alkyl halides is 6. The predicted molar refractivity (Wildman–Crippen MR) is 98.9 cm³/mol. The van der Waals surface area contributed by atoms with Crippen LogP contribution < -0.4 is 15.0 Å². The third kappa shape index (κ3) is 8.00. The predicted octanol–water partition coefficient (Wildman–Crippen LogP) is 5.38. The molecule has 6 nitrogen and oxygen atoms in total. The van der Waals surface area contributed by atoms with Crippen molar-refractivity contribution in [2.45, 2.75) is 12.4 Å². The third-order valence-corrected chi connectivity index (χ3v) is 4.12. The highest BCUT2D eigenvalue weighted by Crippen LogP contribution is 2.28. The molecule has 32 heavy (non-hydrogen) atoms. The topological polar surface area (TPSA) is 73.9 Å². The van der Waals surface area contributed by atoms with E-state index in [9.17, 15) is 35.9 Å². The summed E-state index contributed by atoms with van der Waals surface area (Å²) in [6, 6.07) is 5.98. The molecule has 0 saturated heterocycles. The molecular formula is C18H11Cl2F6NO5. The molecule has 1 N–H and O–H groups in total. The van der Waals surface area contributed by atoms with Crippen molar-refractivity contribution in [1.82, 2.24) is 5.48 Å². The summed E-state index contributed by atoms with van der Waals surface area (Å²) < 4.78 is 83.3. The summed E-state index contributed by atoms with van der Waals surface area (Å²) in [6.45, 7) is -3.51. The van der Waals surface area contributed by atoms with Gasteiger partial charge in [0.2, 0.25) is 0 Å². The molecule has 0 radical (unpaired) electrons. The molecule has 0 aliphatic heterocycles. The molecule has 0 atom stereocenters. The monoisotopic (exact) mass is 505 g/mol. The molecule has 2 rings (SSSR count). The van der Waals surface area contributed by atoms with Crippen molar-refractivity contribution in [2.75, 3.05) is 13.2 Å². The van der Waals surface area contributed by atoms with E-state index in [0.29, 0.717) is 6.07 Å². The molecule has 0 spiro atoms. The summed E-state index contributed by atoms with van der Waals surface area (Å²) in [5.74, 6) is -3.56. The van der Waals surface area contributed by atoms with E-state index in [1.54, 1.807) is 5.48 Å². The van der Waals surface area contributed by atoms with Gasteiger partial charge in [0, 0.05) is 0 Å². The van der Waals surface area contributed by atoms with E-state index in [0.717, 1.165) is 18.2 Å². The smallest absolute Gasteiger partial charge is 0.422 e. The molecule has 1 amide bonds. The Hall–Kier alpha value is -2.86. The van der Waals surface area contributed by atoms with Crippen LogP contribution in [0.25, 0.3) is 0 Å². The van der Waals surface area contributed by atoms with E-state index in [1.165, 1.54) is 12.1 Å². The molecular weight excluding hydrogens is 495 g/mol. The second kappa shape index (κ2) is 10.2. The van der Waals surface area contributed by atoms with Gasteiger partial charge < -0.3 is 14.3 Å². The number of amides is 1. The normalized spacial score (nSPS) is 11.6. The Morgan fingerprint density at radius 3 is 2.06 bits per heavy atom. The number of rotatable bonds is 6. The lowest BCUT2D eigenvalue weighted by atomic mass is 10.2. The number of hydrogen-bond donors (Lipinski definition) is 1. The van der Waals surface area contributed by atoms with Gasteiger partial charge in [-0.3, -0.25) is 4.79 Å². The quantitative estimate of drug-likeness (QED) is 0.421. The van der Waals surface area contributed by atoms with E-state index < -0.39 is 54.5 Å². The van der Waals surface area contributed by atoms with Gasteiger partial charge in [0.25, 0.3) is 5.91 Å². The number of carbonyl (C=O) groups is 2. The summed E-state index contributed by atoms with van der Waals surface area (Å²) in [7, 11) is 0. The standard InChI is InChI=1S/C18H11Cl2F6NO5/c19-12-3-1-9(5-13(12)20)16(29)32-27-15(28)11-6-10(30-7-17(21,22)23)2-4-14(11)31-8-18(24,25)26/h1-6H,7-8H2,(H,27,28). The van der Waals surface area contributed by atoms with Crippen LogP contribution in [0.1, 0.15) is 20.7 Å². The van der Waals surface area contributed by atoms with Gasteiger partial charge in [-0.15, -0.1) is 0 Å². The van der Waals surface area contributed by atoms with Crippen LogP contribution in [0, 0.1) is 0 Å². The number of benzene rings is 2. The Labute approximate surface area is 185 Å². The van der Waals surface area contributed by atoms with Crippen molar-refractivity contribution in [2.24, 2.45) is 0 Å². The summed E-state index contributed by atoms with van der Waals surface area (Å²) in [4.78, 5) is 28.9. The molecule has 0 saturated carbocycles. The van der Waals surface area contributed by atoms with Crippen molar-refractivity contribution < 1.29 is 50.2 Å². The molecule has 0 aromatic heterocycles. The number of ether oxygens (including phenoxy) is 2. The zero-order chi connectivity index (χ0) is 24.1. The lowest BCUT2D eigenvalue weighted by Gasteiger charge is -2.15. The average Bonchev–Trinajstić information content (AvgIpc) is 2.69. The summed E-state index contributed by atoms with van der Waals surface area (Å²) >= 11 is 11.5. The fourth-order valence-corrected chi connectivity index (χ4v) is 2.35. The second-order valence-electron chi connectivity index (χ2n) is 5.92. The second-order valence-corrected chi connectivity index (χ2v) is 6.73. The lowest BCUT2D eigenvalue weighted by molar-refractivity contribution is -0.154. The van der Waals surface area contributed by atoms with Gasteiger partial charge in [-0.05, 0) is 36.4 Å². The first kappa shape index (κ1) is 25.4. The van der Waals surface area contributed by atoms with Crippen molar-refractivity contribution in [3.8, 4) is 11.5 Å². The summed E-state index contributed by atoms with van der Waals surface area (Å²) in [5.41, 5.74) is 0.851. The molecule has 2 aromatic carbocycles. The van der Waals surface area contributed by atoms with Gasteiger partial charge in [0.15, 0.2) is 13.2 Å². The van der Waals surface area contributed by atoms with Gasteiger partial charge in [-0.25, -0.2) is 4.79 Å². The highest BCUT2D eigenvalue weighted by Gasteiger charge is 2.31. The number of halogens is 8. The number of hydroxylamine groups is 1. The zero-order valence-corrected chi connectivity index (χ0v) is 17.0. The first-order chi connectivity index (χ1) is 14.7. The van der Waals surface area contributed by atoms with Crippen LogP contribution in [-0.4, -0.2) is 37.4 Å². The molecule has 174 valence electrons. The van der Waals surface area contributed by atoms with Crippen LogP contribution in [0.5, 0.6) is 11.5 Å². The van der Waals surface area contributed by atoms with Gasteiger partial charge in [-0.1, -0.05) is 23.2 Å².